The number of hydrogen-bond donors (Lipinski definition) is 2. The number of halogens is 1. The van der Waals surface area contributed by atoms with Crippen molar-refractivity contribution in [1.29, 1.82) is 0 Å². The van der Waals surface area contributed by atoms with Crippen molar-refractivity contribution in [1.82, 2.24) is 5.32 Å². The van der Waals surface area contributed by atoms with E-state index in [9.17, 15) is 0 Å². The van der Waals surface area contributed by atoms with E-state index >= 15 is 0 Å². The highest BCUT2D eigenvalue weighted by Gasteiger charge is 2.13. The van der Waals surface area contributed by atoms with Gasteiger partial charge in [0.2, 0.25) is 0 Å². The van der Waals surface area contributed by atoms with Crippen LogP contribution in [0.3, 0.4) is 0 Å². The molecule has 0 radical (unpaired) electrons. The number of hydrogen-bond acceptors (Lipinski definition) is 2. The maximum atomic E-state index is 6.14. The predicted molar refractivity (Wildman–Crippen MR) is 102 cm³/mol. The van der Waals surface area contributed by atoms with Crippen LogP contribution in [-0.2, 0) is 0 Å². The lowest BCUT2D eigenvalue weighted by atomic mass is 10.0. The average Bonchev–Trinajstić information content (AvgIpc) is 2.50. The van der Waals surface area contributed by atoms with Gasteiger partial charge in [0.15, 0.2) is 5.11 Å². The molecule has 0 saturated carbocycles. The van der Waals surface area contributed by atoms with Crippen molar-refractivity contribution in [3.8, 4) is 5.75 Å². The molecule has 0 heterocycles. The maximum absolute atomic E-state index is 6.14. The van der Waals surface area contributed by atoms with Crippen molar-refractivity contribution in [2.24, 2.45) is 0 Å². The van der Waals surface area contributed by atoms with Gasteiger partial charge in [0.05, 0.1) is 13.2 Å². The molecule has 2 rings (SSSR count). The Bertz CT molecular complexity index is 718. The summed E-state index contributed by atoms with van der Waals surface area (Å²) in [6, 6.07) is 11.9. The lowest BCUT2D eigenvalue weighted by Crippen LogP contribution is -2.31. The Balaban J connectivity index is 2.07. The molecular formula is C18H21ClN2OS. The average molecular weight is 349 g/mol. The highest BCUT2D eigenvalue weighted by Crippen LogP contribution is 2.26. The van der Waals surface area contributed by atoms with Crippen LogP contribution in [0.1, 0.15) is 29.7 Å². The minimum atomic E-state index is 0.0192. The summed E-state index contributed by atoms with van der Waals surface area (Å²) in [4.78, 5) is 0. The van der Waals surface area contributed by atoms with Crippen LogP contribution >= 0.6 is 23.8 Å². The van der Waals surface area contributed by atoms with E-state index in [-0.39, 0.29) is 6.04 Å². The van der Waals surface area contributed by atoms with Crippen LogP contribution in [0.15, 0.2) is 36.4 Å². The Morgan fingerprint density at radius 1 is 1.17 bits per heavy atom. The number of thiocarbonyl (C=S) groups is 1. The first-order valence-electron chi connectivity index (χ1n) is 7.39. The van der Waals surface area contributed by atoms with Gasteiger partial charge in [-0.1, -0.05) is 35.4 Å². The molecule has 0 aromatic heterocycles. The van der Waals surface area contributed by atoms with Gasteiger partial charge < -0.3 is 15.4 Å². The van der Waals surface area contributed by atoms with E-state index in [1.54, 1.807) is 7.11 Å². The number of ether oxygens (including phenoxy) is 1. The molecule has 0 unspecified atom stereocenters. The van der Waals surface area contributed by atoms with E-state index < -0.39 is 0 Å². The molecule has 2 aromatic carbocycles. The maximum Gasteiger partial charge on any atom is 0.171 e. The molecule has 3 nitrogen and oxygen atoms in total. The van der Waals surface area contributed by atoms with Gasteiger partial charge in [-0.2, -0.15) is 0 Å². The highest BCUT2D eigenvalue weighted by atomic mass is 35.5. The quantitative estimate of drug-likeness (QED) is 0.761. The standard InChI is InChI=1S/C18H21ClN2OS/c1-11-5-8-17(22-4)15(9-11)13(3)20-18(23)21-14-7-6-12(2)16(19)10-14/h5-10,13H,1-4H3,(H2,20,21,23)/t13-/m0/s1. The third kappa shape index (κ3) is 4.60. The van der Waals surface area contributed by atoms with E-state index in [1.807, 2.05) is 44.2 Å². The largest absolute Gasteiger partial charge is 0.496 e. The number of aryl methyl sites for hydroxylation is 2. The summed E-state index contributed by atoms with van der Waals surface area (Å²) in [7, 11) is 1.67. The second kappa shape index (κ2) is 7.66. The molecule has 2 aromatic rings. The second-order valence-corrected chi connectivity index (χ2v) is 6.34. The zero-order chi connectivity index (χ0) is 17.0. The first-order chi connectivity index (χ1) is 10.9. The molecule has 0 amide bonds. The summed E-state index contributed by atoms with van der Waals surface area (Å²) in [5, 5.41) is 7.69. The summed E-state index contributed by atoms with van der Waals surface area (Å²) in [6.07, 6.45) is 0. The molecule has 0 aliphatic rings. The van der Waals surface area contributed by atoms with Crippen molar-refractivity contribution in [2.45, 2.75) is 26.8 Å². The third-order valence-electron chi connectivity index (χ3n) is 3.63. The van der Waals surface area contributed by atoms with E-state index in [1.165, 1.54) is 5.56 Å². The Morgan fingerprint density at radius 2 is 1.91 bits per heavy atom. The van der Waals surface area contributed by atoms with Crippen LogP contribution < -0.4 is 15.4 Å². The van der Waals surface area contributed by atoms with Gasteiger partial charge in [-0.25, -0.2) is 0 Å². The predicted octanol–water partition coefficient (Wildman–Crippen LogP) is 5.01. The van der Waals surface area contributed by atoms with Crippen LogP contribution in [0, 0.1) is 13.8 Å². The summed E-state index contributed by atoms with van der Waals surface area (Å²) in [5.41, 5.74) is 4.15. The van der Waals surface area contributed by atoms with Gasteiger partial charge in [-0.05, 0) is 56.8 Å². The minimum Gasteiger partial charge on any atom is -0.496 e. The number of methoxy groups -OCH3 is 1. The van der Waals surface area contributed by atoms with Crippen molar-refractivity contribution in [3.05, 3.63) is 58.1 Å². The van der Waals surface area contributed by atoms with Crippen molar-refractivity contribution in [2.75, 3.05) is 12.4 Å². The van der Waals surface area contributed by atoms with Crippen LogP contribution in [0.2, 0.25) is 5.02 Å². The summed E-state index contributed by atoms with van der Waals surface area (Å²) in [5.74, 6) is 0.844. The molecule has 122 valence electrons. The first-order valence-corrected chi connectivity index (χ1v) is 8.17. The lowest BCUT2D eigenvalue weighted by molar-refractivity contribution is 0.405. The molecule has 0 saturated heterocycles. The first kappa shape index (κ1) is 17.6. The molecule has 23 heavy (non-hydrogen) atoms. The molecule has 0 aliphatic carbocycles. The van der Waals surface area contributed by atoms with Crippen LogP contribution in [0.5, 0.6) is 5.75 Å². The van der Waals surface area contributed by atoms with Gasteiger partial charge in [0.25, 0.3) is 0 Å². The summed E-state index contributed by atoms with van der Waals surface area (Å²) < 4.78 is 5.43. The fraction of sp³-hybridized carbons (Fsp3) is 0.278. The van der Waals surface area contributed by atoms with Crippen LogP contribution in [0.25, 0.3) is 0 Å². The van der Waals surface area contributed by atoms with Crippen molar-refractivity contribution >= 4 is 34.6 Å². The van der Waals surface area contributed by atoms with E-state index in [4.69, 9.17) is 28.6 Å². The van der Waals surface area contributed by atoms with E-state index in [0.717, 1.165) is 22.6 Å². The Labute approximate surface area is 148 Å². The van der Waals surface area contributed by atoms with Gasteiger partial charge >= 0.3 is 0 Å². The molecule has 0 spiro atoms. The number of anilines is 1. The second-order valence-electron chi connectivity index (χ2n) is 5.53. The minimum absolute atomic E-state index is 0.0192. The number of rotatable bonds is 4. The molecule has 2 N–H and O–H groups in total. The normalized spacial score (nSPS) is 11.7. The Morgan fingerprint density at radius 3 is 2.57 bits per heavy atom. The molecule has 1 atom stereocenters. The number of benzene rings is 2. The van der Waals surface area contributed by atoms with E-state index in [0.29, 0.717) is 10.1 Å². The Hall–Kier alpha value is -1.78. The zero-order valence-electron chi connectivity index (χ0n) is 13.7. The Kier molecular flexibility index (Phi) is 5.85. The van der Waals surface area contributed by atoms with Crippen molar-refractivity contribution < 1.29 is 4.74 Å². The highest BCUT2D eigenvalue weighted by molar-refractivity contribution is 7.80. The zero-order valence-corrected chi connectivity index (χ0v) is 15.3. The monoisotopic (exact) mass is 348 g/mol. The fourth-order valence-corrected chi connectivity index (χ4v) is 2.78. The molecule has 0 aliphatic heterocycles. The van der Waals surface area contributed by atoms with E-state index in [2.05, 4.69) is 23.6 Å². The topological polar surface area (TPSA) is 33.3 Å². The lowest BCUT2D eigenvalue weighted by Gasteiger charge is -2.20. The number of nitrogens with one attached hydrogen (secondary N) is 2. The van der Waals surface area contributed by atoms with Gasteiger partial charge in [-0.3, -0.25) is 0 Å². The molecule has 0 bridgehead atoms. The van der Waals surface area contributed by atoms with Crippen LogP contribution in [-0.4, -0.2) is 12.2 Å². The summed E-state index contributed by atoms with van der Waals surface area (Å²) in [6.45, 7) is 6.07. The molecule has 0 fully saturated rings. The van der Waals surface area contributed by atoms with Gasteiger partial charge in [0.1, 0.15) is 5.75 Å². The summed E-state index contributed by atoms with van der Waals surface area (Å²) >= 11 is 11.5. The molecular weight excluding hydrogens is 328 g/mol. The van der Waals surface area contributed by atoms with Gasteiger partial charge in [-0.15, -0.1) is 0 Å². The van der Waals surface area contributed by atoms with Crippen molar-refractivity contribution in [3.63, 3.8) is 0 Å². The van der Waals surface area contributed by atoms with Gasteiger partial charge in [0, 0.05) is 16.3 Å². The van der Waals surface area contributed by atoms with Crippen LogP contribution in [0.4, 0.5) is 5.69 Å². The molecule has 5 heteroatoms. The smallest absolute Gasteiger partial charge is 0.171 e. The third-order valence-corrected chi connectivity index (χ3v) is 4.26. The SMILES string of the molecule is COc1ccc(C)cc1[C@H](C)NC(=S)Nc1ccc(C)c(Cl)c1. The fourth-order valence-electron chi connectivity index (χ4n) is 2.30.